The molecule has 0 heterocycles. The third-order valence-electron chi connectivity index (χ3n) is 3.32. The van der Waals surface area contributed by atoms with Crippen LogP contribution in [0.3, 0.4) is 0 Å². The molecule has 0 unspecified atom stereocenters. The first kappa shape index (κ1) is 19.0. The van der Waals surface area contributed by atoms with Crippen LogP contribution in [0.2, 0.25) is 0 Å². The van der Waals surface area contributed by atoms with E-state index in [4.69, 9.17) is 4.74 Å². The van der Waals surface area contributed by atoms with Gasteiger partial charge >= 0.3 is 0 Å². The standard InChI is InChI=1S/C14H29N3O.HI/c1-3-4-10-16-14(15-2)17-11-7-12-18-13-8-5-6-9-13;/h13H,3-12H2,1-2H3,(H2,15,16,17);1H. The van der Waals surface area contributed by atoms with Crippen molar-refractivity contribution < 1.29 is 4.74 Å². The molecule has 1 aliphatic carbocycles. The molecular weight excluding hydrogens is 353 g/mol. The van der Waals surface area contributed by atoms with Crippen molar-refractivity contribution in [1.29, 1.82) is 0 Å². The molecule has 19 heavy (non-hydrogen) atoms. The minimum absolute atomic E-state index is 0. The summed E-state index contributed by atoms with van der Waals surface area (Å²) in [6.45, 7) is 4.98. The molecule has 1 fully saturated rings. The maximum absolute atomic E-state index is 5.82. The highest BCUT2D eigenvalue weighted by Gasteiger charge is 2.14. The summed E-state index contributed by atoms with van der Waals surface area (Å²) in [5.41, 5.74) is 0. The van der Waals surface area contributed by atoms with E-state index in [1.54, 1.807) is 0 Å². The Kier molecular flexibility index (Phi) is 12.9. The van der Waals surface area contributed by atoms with Gasteiger partial charge in [0.2, 0.25) is 0 Å². The van der Waals surface area contributed by atoms with Crippen LogP contribution in [0, 0.1) is 0 Å². The fourth-order valence-electron chi connectivity index (χ4n) is 2.19. The first-order valence-corrected chi connectivity index (χ1v) is 7.43. The number of nitrogens with zero attached hydrogens (tertiary/aromatic N) is 1. The Morgan fingerprint density at radius 3 is 2.37 bits per heavy atom. The topological polar surface area (TPSA) is 45.7 Å². The summed E-state index contributed by atoms with van der Waals surface area (Å²) in [7, 11) is 1.82. The first-order chi connectivity index (χ1) is 8.86. The lowest BCUT2D eigenvalue weighted by atomic mass is 10.3. The SMILES string of the molecule is CCCCNC(=NC)NCCCOC1CCCC1.I. The third kappa shape index (κ3) is 9.49. The molecule has 0 atom stereocenters. The van der Waals surface area contributed by atoms with E-state index in [1.165, 1.54) is 38.5 Å². The molecule has 1 aliphatic rings. The van der Waals surface area contributed by atoms with Crippen LogP contribution in [-0.2, 0) is 4.74 Å². The summed E-state index contributed by atoms with van der Waals surface area (Å²) in [6, 6.07) is 0. The van der Waals surface area contributed by atoms with Gasteiger partial charge in [0.25, 0.3) is 0 Å². The van der Waals surface area contributed by atoms with Crippen molar-refractivity contribution in [3.05, 3.63) is 0 Å². The van der Waals surface area contributed by atoms with Crippen molar-refractivity contribution in [2.24, 2.45) is 4.99 Å². The molecule has 0 bridgehead atoms. The van der Waals surface area contributed by atoms with Crippen LogP contribution in [0.5, 0.6) is 0 Å². The van der Waals surface area contributed by atoms with E-state index in [2.05, 4.69) is 22.5 Å². The smallest absolute Gasteiger partial charge is 0.190 e. The quantitative estimate of drug-likeness (QED) is 0.293. The lowest BCUT2D eigenvalue weighted by Gasteiger charge is -2.13. The number of nitrogens with one attached hydrogen (secondary N) is 2. The van der Waals surface area contributed by atoms with Gasteiger partial charge in [-0.15, -0.1) is 24.0 Å². The minimum Gasteiger partial charge on any atom is -0.378 e. The van der Waals surface area contributed by atoms with Crippen LogP contribution in [-0.4, -0.2) is 38.8 Å². The fraction of sp³-hybridized carbons (Fsp3) is 0.929. The second kappa shape index (κ2) is 13.0. The Bertz CT molecular complexity index is 231. The maximum Gasteiger partial charge on any atom is 0.190 e. The van der Waals surface area contributed by atoms with Gasteiger partial charge in [-0.05, 0) is 25.7 Å². The van der Waals surface area contributed by atoms with Crippen molar-refractivity contribution in [2.45, 2.75) is 58.0 Å². The van der Waals surface area contributed by atoms with E-state index in [0.717, 1.165) is 32.1 Å². The number of aliphatic imine (C=N–C) groups is 1. The zero-order valence-electron chi connectivity index (χ0n) is 12.4. The highest BCUT2D eigenvalue weighted by Crippen LogP contribution is 2.20. The molecule has 4 nitrogen and oxygen atoms in total. The molecule has 0 aromatic heterocycles. The van der Waals surface area contributed by atoms with Crippen molar-refractivity contribution in [3.63, 3.8) is 0 Å². The molecule has 1 saturated carbocycles. The Morgan fingerprint density at radius 2 is 1.79 bits per heavy atom. The summed E-state index contributed by atoms with van der Waals surface area (Å²) in [5, 5.41) is 6.61. The normalized spacial score (nSPS) is 16.2. The Balaban J connectivity index is 0.00000324. The van der Waals surface area contributed by atoms with Gasteiger partial charge in [-0.2, -0.15) is 0 Å². The average Bonchev–Trinajstić information content (AvgIpc) is 2.89. The number of rotatable bonds is 8. The number of guanidine groups is 1. The Hall–Kier alpha value is -0.0400. The molecule has 5 heteroatoms. The summed E-state index contributed by atoms with van der Waals surface area (Å²) in [5.74, 6) is 0.907. The zero-order valence-corrected chi connectivity index (χ0v) is 14.7. The van der Waals surface area contributed by atoms with Gasteiger partial charge in [-0.1, -0.05) is 26.2 Å². The number of hydrogen-bond donors (Lipinski definition) is 2. The molecular formula is C14H30IN3O. The molecule has 2 N–H and O–H groups in total. The van der Waals surface area contributed by atoms with Crippen LogP contribution in [0.1, 0.15) is 51.9 Å². The van der Waals surface area contributed by atoms with Crippen molar-refractivity contribution in [2.75, 3.05) is 26.7 Å². The van der Waals surface area contributed by atoms with Gasteiger partial charge in [0.1, 0.15) is 0 Å². The van der Waals surface area contributed by atoms with Crippen molar-refractivity contribution >= 4 is 29.9 Å². The van der Waals surface area contributed by atoms with Crippen molar-refractivity contribution in [1.82, 2.24) is 10.6 Å². The molecule has 0 saturated heterocycles. The summed E-state index contributed by atoms with van der Waals surface area (Å²) in [4.78, 5) is 4.19. The number of unbranched alkanes of at least 4 members (excludes halogenated alkanes) is 1. The summed E-state index contributed by atoms with van der Waals surface area (Å²) < 4.78 is 5.82. The van der Waals surface area contributed by atoms with Gasteiger partial charge in [0.05, 0.1) is 6.10 Å². The van der Waals surface area contributed by atoms with E-state index >= 15 is 0 Å². The van der Waals surface area contributed by atoms with Crippen LogP contribution in [0.4, 0.5) is 0 Å². The molecule has 114 valence electrons. The summed E-state index contributed by atoms with van der Waals surface area (Å²) in [6.07, 6.45) is 9.18. The molecule has 1 rings (SSSR count). The van der Waals surface area contributed by atoms with Crippen LogP contribution in [0.15, 0.2) is 4.99 Å². The molecule has 0 aromatic carbocycles. The Labute approximate surface area is 135 Å². The van der Waals surface area contributed by atoms with E-state index in [9.17, 15) is 0 Å². The lowest BCUT2D eigenvalue weighted by molar-refractivity contribution is 0.0574. The predicted molar refractivity (Wildman–Crippen MR) is 92.5 cm³/mol. The van der Waals surface area contributed by atoms with E-state index in [-0.39, 0.29) is 24.0 Å². The van der Waals surface area contributed by atoms with E-state index in [1.807, 2.05) is 7.05 Å². The van der Waals surface area contributed by atoms with Gasteiger partial charge in [0.15, 0.2) is 5.96 Å². The van der Waals surface area contributed by atoms with Gasteiger partial charge in [-0.3, -0.25) is 4.99 Å². The van der Waals surface area contributed by atoms with Gasteiger partial charge in [0, 0.05) is 26.7 Å². The van der Waals surface area contributed by atoms with Crippen LogP contribution < -0.4 is 10.6 Å². The zero-order chi connectivity index (χ0) is 13.1. The highest BCUT2D eigenvalue weighted by atomic mass is 127. The molecule has 0 aliphatic heterocycles. The molecule has 0 spiro atoms. The monoisotopic (exact) mass is 383 g/mol. The van der Waals surface area contributed by atoms with Crippen LogP contribution in [0.25, 0.3) is 0 Å². The van der Waals surface area contributed by atoms with E-state index < -0.39 is 0 Å². The average molecular weight is 383 g/mol. The Morgan fingerprint density at radius 1 is 1.16 bits per heavy atom. The molecule has 0 aromatic rings. The second-order valence-corrected chi connectivity index (χ2v) is 4.91. The van der Waals surface area contributed by atoms with Gasteiger partial charge in [-0.25, -0.2) is 0 Å². The number of ether oxygens (including phenoxy) is 1. The van der Waals surface area contributed by atoms with Gasteiger partial charge < -0.3 is 15.4 Å². The molecule has 0 radical (unpaired) electrons. The van der Waals surface area contributed by atoms with Crippen LogP contribution >= 0.6 is 24.0 Å². The first-order valence-electron chi connectivity index (χ1n) is 7.43. The van der Waals surface area contributed by atoms with E-state index in [0.29, 0.717) is 6.10 Å². The summed E-state index contributed by atoms with van der Waals surface area (Å²) >= 11 is 0. The minimum atomic E-state index is 0. The lowest BCUT2D eigenvalue weighted by Crippen LogP contribution is -2.38. The maximum atomic E-state index is 5.82. The predicted octanol–water partition coefficient (Wildman–Crippen LogP) is 2.92. The molecule has 0 amide bonds. The largest absolute Gasteiger partial charge is 0.378 e. The fourth-order valence-corrected chi connectivity index (χ4v) is 2.19. The number of halogens is 1. The van der Waals surface area contributed by atoms with Crippen molar-refractivity contribution in [3.8, 4) is 0 Å². The third-order valence-corrected chi connectivity index (χ3v) is 3.32. The number of hydrogen-bond acceptors (Lipinski definition) is 2. The second-order valence-electron chi connectivity index (χ2n) is 4.91. The highest BCUT2D eigenvalue weighted by molar-refractivity contribution is 14.0.